The third kappa shape index (κ3) is 8.30. The molecule has 2 aliphatic heterocycles. The summed E-state index contributed by atoms with van der Waals surface area (Å²) in [6.07, 6.45) is 1.07. The van der Waals surface area contributed by atoms with Crippen molar-refractivity contribution in [3.05, 3.63) is 29.8 Å². The fourth-order valence-corrected chi connectivity index (χ4v) is 4.53. The highest BCUT2D eigenvalue weighted by atomic mass is 16.6. The zero-order chi connectivity index (χ0) is 26.2. The van der Waals surface area contributed by atoms with Crippen LogP contribution in [0.4, 0.5) is 0 Å². The smallest absolute Gasteiger partial charge is 0.253 e. The number of ketones is 1. The van der Waals surface area contributed by atoms with Crippen LogP contribution in [-0.2, 0) is 30.3 Å². The zero-order valence-corrected chi connectivity index (χ0v) is 21.1. The monoisotopic (exact) mass is 502 g/mol. The van der Waals surface area contributed by atoms with Gasteiger partial charge in [-0.25, -0.2) is 0 Å². The van der Waals surface area contributed by atoms with Gasteiger partial charge in [-0.3, -0.25) is 19.2 Å². The summed E-state index contributed by atoms with van der Waals surface area (Å²) in [7, 11) is 0. The van der Waals surface area contributed by atoms with Gasteiger partial charge < -0.3 is 31.1 Å². The molecule has 0 aliphatic carbocycles. The summed E-state index contributed by atoms with van der Waals surface area (Å²) in [6.45, 7) is 7.20. The number of phenolic OH excluding ortho intramolecular Hbond substituents is 1. The molecule has 0 aromatic heterocycles. The van der Waals surface area contributed by atoms with Gasteiger partial charge in [-0.2, -0.15) is 0 Å². The molecule has 1 aromatic rings. The van der Waals surface area contributed by atoms with Crippen molar-refractivity contribution in [1.82, 2.24) is 15.5 Å². The topological polar surface area (TPSA) is 154 Å². The summed E-state index contributed by atoms with van der Waals surface area (Å²) in [5.74, 6) is -2.29. The number of primary amides is 1. The maximum atomic E-state index is 13.1. The Balaban J connectivity index is 1.51. The maximum Gasteiger partial charge on any atom is 0.253 e. The van der Waals surface area contributed by atoms with Crippen LogP contribution in [0.2, 0.25) is 0 Å². The van der Waals surface area contributed by atoms with Gasteiger partial charge in [-0.1, -0.05) is 26.0 Å². The lowest BCUT2D eigenvalue weighted by molar-refractivity contribution is -0.131. The highest BCUT2D eigenvalue weighted by Gasteiger charge is 2.50. The van der Waals surface area contributed by atoms with Gasteiger partial charge in [0.15, 0.2) is 18.0 Å². The minimum atomic E-state index is -0.928. The molecule has 4 atom stereocenters. The molecule has 0 radical (unpaired) electrons. The summed E-state index contributed by atoms with van der Waals surface area (Å²) in [5.41, 5.74) is 6.32. The van der Waals surface area contributed by atoms with E-state index >= 15 is 0 Å². The number of hydrogen-bond donors (Lipinski definition) is 4. The highest BCUT2D eigenvalue weighted by Crippen LogP contribution is 2.24. The molecule has 5 N–H and O–H groups in total. The van der Waals surface area contributed by atoms with E-state index in [1.165, 1.54) is 25.0 Å². The summed E-state index contributed by atoms with van der Waals surface area (Å²) in [6, 6.07) is 5.53. The number of aromatic hydroxyl groups is 1. The molecule has 2 heterocycles. The molecular weight excluding hydrogens is 464 g/mol. The Morgan fingerprint density at radius 3 is 2.33 bits per heavy atom. The number of amides is 3. The van der Waals surface area contributed by atoms with Gasteiger partial charge in [0.1, 0.15) is 5.75 Å². The van der Waals surface area contributed by atoms with Crippen molar-refractivity contribution in [1.29, 1.82) is 0 Å². The molecule has 0 saturated carbocycles. The Labute approximate surface area is 211 Å². The van der Waals surface area contributed by atoms with Crippen LogP contribution in [0.15, 0.2) is 24.3 Å². The number of nitrogens with zero attached hydrogens (tertiary/aromatic N) is 1. The fraction of sp³-hybridized carbons (Fsp3) is 0.615. The van der Waals surface area contributed by atoms with E-state index in [9.17, 15) is 24.3 Å². The molecule has 36 heavy (non-hydrogen) atoms. The number of Topliss-reactive ketones (excluding diaryl/α,β-unsaturated/α-hetero) is 1. The van der Waals surface area contributed by atoms with E-state index in [0.29, 0.717) is 13.0 Å². The van der Waals surface area contributed by atoms with E-state index in [0.717, 1.165) is 25.2 Å². The normalized spacial score (nSPS) is 21.1. The molecule has 0 bridgehead atoms. The van der Waals surface area contributed by atoms with Gasteiger partial charge in [0.05, 0.1) is 6.04 Å². The minimum absolute atomic E-state index is 0.103. The molecule has 3 unspecified atom stereocenters. The van der Waals surface area contributed by atoms with E-state index in [-0.39, 0.29) is 36.2 Å². The van der Waals surface area contributed by atoms with Gasteiger partial charge >= 0.3 is 0 Å². The molecule has 2 aliphatic rings. The maximum absolute atomic E-state index is 13.1. The van der Waals surface area contributed by atoms with Crippen molar-refractivity contribution in [3.8, 4) is 5.75 Å². The second-order valence-electron chi connectivity index (χ2n) is 10.1. The summed E-state index contributed by atoms with van der Waals surface area (Å²) in [4.78, 5) is 52.5. The Hall–Kier alpha value is -2.98. The SMILES string of the molecule is CC(C)C[C@H](NC(=O)C1OC1C(=O)NCCN1CCCC1)C(=O)CC(Cc1ccc(O)cc1)C(N)=O. The predicted molar refractivity (Wildman–Crippen MR) is 133 cm³/mol. The number of nitrogens with two attached hydrogens (primary N) is 1. The van der Waals surface area contributed by atoms with Crippen LogP contribution in [-0.4, -0.2) is 77.9 Å². The van der Waals surface area contributed by atoms with Crippen LogP contribution >= 0.6 is 0 Å². The lowest BCUT2D eigenvalue weighted by atomic mass is 9.89. The van der Waals surface area contributed by atoms with Crippen molar-refractivity contribution < 1.29 is 29.0 Å². The molecule has 2 fully saturated rings. The number of phenols is 1. The van der Waals surface area contributed by atoms with E-state index in [1.54, 1.807) is 12.1 Å². The van der Waals surface area contributed by atoms with Crippen molar-refractivity contribution in [2.45, 2.75) is 64.2 Å². The lowest BCUT2D eigenvalue weighted by Crippen LogP contribution is -2.46. The van der Waals surface area contributed by atoms with Crippen LogP contribution in [0, 0.1) is 11.8 Å². The molecule has 3 amide bonds. The summed E-state index contributed by atoms with van der Waals surface area (Å²) >= 11 is 0. The van der Waals surface area contributed by atoms with E-state index in [1.807, 2.05) is 13.8 Å². The highest BCUT2D eigenvalue weighted by molar-refractivity contribution is 5.98. The van der Waals surface area contributed by atoms with Crippen molar-refractivity contribution in [2.75, 3.05) is 26.2 Å². The Kier molecular flexibility index (Phi) is 9.83. The Bertz CT molecular complexity index is 929. The Morgan fingerprint density at radius 2 is 1.72 bits per heavy atom. The zero-order valence-electron chi connectivity index (χ0n) is 21.1. The quantitative estimate of drug-likeness (QED) is 0.270. The van der Waals surface area contributed by atoms with Crippen molar-refractivity contribution in [3.63, 3.8) is 0 Å². The largest absolute Gasteiger partial charge is 0.508 e. The first-order valence-electron chi connectivity index (χ1n) is 12.7. The number of carbonyl (C=O) groups is 4. The average molecular weight is 503 g/mol. The second-order valence-corrected chi connectivity index (χ2v) is 10.1. The predicted octanol–water partition coefficient (Wildman–Crippen LogP) is 0.506. The Morgan fingerprint density at radius 1 is 1.08 bits per heavy atom. The van der Waals surface area contributed by atoms with Gasteiger partial charge in [0, 0.05) is 25.4 Å². The van der Waals surface area contributed by atoms with E-state index in [4.69, 9.17) is 10.5 Å². The first kappa shape index (κ1) is 27.6. The van der Waals surface area contributed by atoms with Gasteiger partial charge in [-0.05, 0) is 62.4 Å². The number of benzene rings is 1. The molecular formula is C26H38N4O6. The molecule has 1 aromatic carbocycles. The fourth-order valence-electron chi connectivity index (χ4n) is 4.53. The molecule has 198 valence electrons. The van der Waals surface area contributed by atoms with Crippen LogP contribution < -0.4 is 16.4 Å². The van der Waals surface area contributed by atoms with Crippen LogP contribution in [0.25, 0.3) is 0 Å². The average Bonchev–Trinajstić information content (AvgIpc) is 3.47. The number of nitrogens with one attached hydrogen (secondary N) is 2. The van der Waals surface area contributed by atoms with E-state index < -0.39 is 36.0 Å². The molecule has 10 nitrogen and oxygen atoms in total. The summed E-state index contributed by atoms with van der Waals surface area (Å²) < 4.78 is 5.31. The molecule has 3 rings (SSSR count). The van der Waals surface area contributed by atoms with Crippen LogP contribution in [0.5, 0.6) is 5.75 Å². The molecule has 0 spiro atoms. The van der Waals surface area contributed by atoms with Gasteiger partial charge in [0.2, 0.25) is 5.91 Å². The number of rotatable bonds is 14. The number of carbonyl (C=O) groups excluding carboxylic acids is 4. The van der Waals surface area contributed by atoms with Crippen LogP contribution in [0.1, 0.15) is 45.1 Å². The van der Waals surface area contributed by atoms with E-state index in [2.05, 4.69) is 15.5 Å². The number of likely N-dealkylation sites (tertiary alicyclic amines) is 1. The number of epoxide rings is 1. The number of hydrogen-bond acceptors (Lipinski definition) is 7. The first-order valence-corrected chi connectivity index (χ1v) is 12.7. The number of ether oxygens (including phenoxy) is 1. The third-order valence-electron chi connectivity index (χ3n) is 6.62. The standard InChI is InChI=1S/C26H38N4O6/c1-16(2)13-20(21(32)15-18(24(27)33)14-17-5-7-19(31)8-6-17)29-26(35)23-22(36-23)25(34)28-9-12-30-10-3-4-11-30/h5-8,16,18,20,22-23,31H,3-4,9-15H2,1-2H3,(H2,27,33)(H,28,34)(H,29,35)/t18?,20-,22?,23?/m0/s1. The minimum Gasteiger partial charge on any atom is -0.508 e. The molecule has 2 saturated heterocycles. The van der Waals surface area contributed by atoms with Crippen molar-refractivity contribution in [2.24, 2.45) is 17.6 Å². The third-order valence-corrected chi connectivity index (χ3v) is 6.62. The second kappa shape index (κ2) is 12.8. The van der Waals surface area contributed by atoms with Crippen LogP contribution in [0.3, 0.4) is 0 Å². The lowest BCUT2D eigenvalue weighted by Gasteiger charge is -2.21. The first-order chi connectivity index (χ1) is 17.1. The van der Waals surface area contributed by atoms with Crippen molar-refractivity contribution >= 4 is 23.5 Å². The van der Waals surface area contributed by atoms with Gasteiger partial charge in [0.25, 0.3) is 11.8 Å². The van der Waals surface area contributed by atoms with Gasteiger partial charge in [-0.15, -0.1) is 0 Å². The summed E-state index contributed by atoms with van der Waals surface area (Å²) in [5, 5.41) is 15.0. The molecule has 10 heteroatoms.